The Morgan fingerprint density at radius 1 is 1.26 bits per heavy atom. The van der Waals surface area contributed by atoms with Crippen molar-refractivity contribution in [2.75, 3.05) is 11.9 Å². The fourth-order valence-corrected chi connectivity index (χ4v) is 3.81. The predicted molar refractivity (Wildman–Crippen MR) is 91.5 cm³/mol. The van der Waals surface area contributed by atoms with E-state index < -0.39 is 0 Å². The molecule has 5 heteroatoms. The highest BCUT2D eigenvalue weighted by atomic mass is 35.5. The lowest BCUT2D eigenvalue weighted by Crippen LogP contribution is -2.38. The van der Waals surface area contributed by atoms with E-state index in [2.05, 4.69) is 5.32 Å². The number of nitrogens with zero attached hydrogens (tertiary/aromatic N) is 1. The zero-order chi connectivity index (χ0) is 16.4. The summed E-state index contributed by atoms with van der Waals surface area (Å²) in [6.45, 7) is 2.43. The van der Waals surface area contributed by atoms with Gasteiger partial charge in [-0.05, 0) is 37.5 Å². The van der Waals surface area contributed by atoms with Crippen molar-refractivity contribution in [3.63, 3.8) is 0 Å². The first kappa shape index (κ1) is 16.3. The number of amides is 2. The molecule has 0 unspecified atom stereocenters. The van der Waals surface area contributed by atoms with E-state index in [0.717, 1.165) is 24.1 Å². The van der Waals surface area contributed by atoms with Gasteiger partial charge in [0.25, 0.3) is 0 Å². The molecule has 0 spiro atoms. The lowest BCUT2D eigenvalue weighted by molar-refractivity contribution is -0.130. The molecule has 23 heavy (non-hydrogen) atoms. The van der Waals surface area contributed by atoms with E-state index in [1.807, 2.05) is 24.0 Å². The smallest absolute Gasteiger partial charge is 0.229 e. The van der Waals surface area contributed by atoms with Gasteiger partial charge in [0.15, 0.2) is 0 Å². The molecule has 124 valence electrons. The molecule has 1 aromatic carbocycles. The molecule has 0 radical (unpaired) electrons. The average molecular weight is 335 g/mol. The van der Waals surface area contributed by atoms with E-state index in [-0.39, 0.29) is 17.7 Å². The minimum absolute atomic E-state index is 0.0815. The molecular weight excluding hydrogens is 312 g/mol. The normalized spacial score (nSPS) is 22.4. The van der Waals surface area contributed by atoms with Crippen LogP contribution >= 0.6 is 11.6 Å². The number of hydrogen-bond donors (Lipinski definition) is 1. The van der Waals surface area contributed by atoms with Crippen molar-refractivity contribution >= 4 is 29.1 Å². The molecule has 1 aliphatic heterocycles. The highest BCUT2D eigenvalue weighted by molar-refractivity contribution is 6.31. The van der Waals surface area contributed by atoms with E-state index >= 15 is 0 Å². The number of hydrogen-bond acceptors (Lipinski definition) is 2. The zero-order valence-electron chi connectivity index (χ0n) is 13.5. The monoisotopic (exact) mass is 334 g/mol. The van der Waals surface area contributed by atoms with Crippen LogP contribution in [-0.4, -0.2) is 29.3 Å². The number of carbonyl (C=O) groups excluding carboxylic acids is 2. The van der Waals surface area contributed by atoms with E-state index in [1.165, 1.54) is 19.3 Å². The summed E-state index contributed by atoms with van der Waals surface area (Å²) in [6, 6.07) is 5.80. The van der Waals surface area contributed by atoms with E-state index in [1.54, 1.807) is 6.07 Å². The van der Waals surface area contributed by atoms with Crippen LogP contribution in [0, 0.1) is 12.8 Å². The van der Waals surface area contributed by atoms with Crippen LogP contribution in [0.3, 0.4) is 0 Å². The standard InChI is InChI=1S/C18H23ClN2O2/c1-12-15(19)8-5-9-16(12)20-18(23)13-10-17(22)21(11-13)14-6-3-2-4-7-14/h5,8-9,13-14H,2-4,6-7,10-11H2,1H3,(H,20,23)/t13-/m1/s1. The van der Waals surface area contributed by atoms with Gasteiger partial charge in [-0.3, -0.25) is 9.59 Å². The lowest BCUT2D eigenvalue weighted by atomic mass is 9.94. The van der Waals surface area contributed by atoms with Crippen LogP contribution in [0.25, 0.3) is 0 Å². The molecule has 2 aliphatic rings. The molecule has 0 aromatic heterocycles. The van der Waals surface area contributed by atoms with Crippen molar-refractivity contribution in [1.29, 1.82) is 0 Å². The van der Waals surface area contributed by atoms with E-state index in [0.29, 0.717) is 24.0 Å². The Kier molecular flexibility index (Phi) is 4.90. The second-order valence-corrected chi connectivity index (χ2v) is 7.05. The molecule has 0 bridgehead atoms. The summed E-state index contributed by atoms with van der Waals surface area (Å²) in [6.07, 6.45) is 6.11. The van der Waals surface area contributed by atoms with Gasteiger partial charge in [0.05, 0.1) is 5.92 Å². The molecule has 4 nitrogen and oxygen atoms in total. The largest absolute Gasteiger partial charge is 0.339 e. The van der Waals surface area contributed by atoms with Crippen LogP contribution in [0.2, 0.25) is 5.02 Å². The Hall–Kier alpha value is -1.55. The minimum atomic E-state index is -0.261. The maximum atomic E-state index is 12.5. The molecule has 2 amide bonds. The number of rotatable bonds is 3. The van der Waals surface area contributed by atoms with Crippen molar-refractivity contribution in [2.24, 2.45) is 5.92 Å². The number of anilines is 1. The van der Waals surface area contributed by atoms with Gasteiger partial charge in [0, 0.05) is 29.7 Å². The first-order valence-electron chi connectivity index (χ1n) is 8.41. The number of halogens is 1. The molecule has 1 aromatic rings. The summed E-state index contributed by atoms with van der Waals surface area (Å²) in [5.74, 6) is -0.218. The topological polar surface area (TPSA) is 49.4 Å². The maximum absolute atomic E-state index is 12.5. The molecule has 3 rings (SSSR count). The fourth-order valence-electron chi connectivity index (χ4n) is 3.63. The molecule has 2 fully saturated rings. The SMILES string of the molecule is Cc1c(Cl)cccc1NC(=O)[C@@H]1CC(=O)N(C2CCCCC2)C1. The highest BCUT2D eigenvalue weighted by Crippen LogP contribution is 2.30. The van der Waals surface area contributed by atoms with Gasteiger partial charge < -0.3 is 10.2 Å². The predicted octanol–water partition coefficient (Wildman–Crippen LogP) is 3.77. The summed E-state index contributed by atoms with van der Waals surface area (Å²) in [5, 5.41) is 3.57. The Morgan fingerprint density at radius 2 is 2.00 bits per heavy atom. The molecule has 1 saturated heterocycles. The Balaban J connectivity index is 1.64. The summed E-state index contributed by atoms with van der Waals surface area (Å²) in [5.41, 5.74) is 1.59. The van der Waals surface area contributed by atoms with Crippen molar-refractivity contribution in [2.45, 2.75) is 51.5 Å². The van der Waals surface area contributed by atoms with E-state index in [9.17, 15) is 9.59 Å². The maximum Gasteiger partial charge on any atom is 0.229 e. The van der Waals surface area contributed by atoms with Gasteiger partial charge in [-0.15, -0.1) is 0 Å². The summed E-state index contributed by atoms with van der Waals surface area (Å²) in [4.78, 5) is 26.7. The van der Waals surface area contributed by atoms with Crippen molar-refractivity contribution in [3.8, 4) is 0 Å². The van der Waals surface area contributed by atoms with Gasteiger partial charge in [-0.1, -0.05) is 36.9 Å². The molecular formula is C18H23ClN2O2. The van der Waals surface area contributed by atoms with Gasteiger partial charge in [-0.25, -0.2) is 0 Å². The number of carbonyl (C=O) groups is 2. The van der Waals surface area contributed by atoms with Crippen LogP contribution in [0.4, 0.5) is 5.69 Å². The van der Waals surface area contributed by atoms with Crippen LogP contribution in [0.1, 0.15) is 44.1 Å². The first-order chi connectivity index (χ1) is 11.1. The summed E-state index contributed by atoms with van der Waals surface area (Å²) < 4.78 is 0. The second kappa shape index (κ2) is 6.91. The lowest BCUT2D eigenvalue weighted by Gasteiger charge is -2.31. The van der Waals surface area contributed by atoms with Crippen molar-refractivity contribution < 1.29 is 9.59 Å². The molecule has 1 aliphatic carbocycles. The van der Waals surface area contributed by atoms with Gasteiger partial charge in [0.1, 0.15) is 0 Å². The quantitative estimate of drug-likeness (QED) is 0.914. The van der Waals surface area contributed by atoms with E-state index in [4.69, 9.17) is 11.6 Å². The highest BCUT2D eigenvalue weighted by Gasteiger charge is 2.38. The van der Waals surface area contributed by atoms with Crippen LogP contribution in [0.15, 0.2) is 18.2 Å². The van der Waals surface area contributed by atoms with Crippen molar-refractivity contribution in [3.05, 3.63) is 28.8 Å². The first-order valence-corrected chi connectivity index (χ1v) is 8.79. The van der Waals surface area contributed by atoms with Crippen LogP contribution in [0.5, 0.6) is 0 Å². The Bertz CT molecular complexity index is 611. The number of benzene rings is 1. The van der Waals surface area contributed by atoms with Crippen molar-refractivity contribution in [1.82, 2.24) is 4.90 Å². The number of likely N-dealkylation sites (tertiary alicyclic amines) is 1. The second-order valence-electron chi connectivity index (χ2n) is 6.64. The average Bonchev–Trinajstić information content (AvgIpc) is 2.95. The van der Waals surface area contributed by atoms with Gasteiger partial charge >= 0.3 is 0 Å². The third-order valence-corrected chi connectivity index (χ3v) is 5.48. The minimum Gasteiger partial charge on any atom is -0.339 e. The summed E-state index contributed by atoms with van der Waals surface area (Å²) >= 11 is 6.09. The fraction of sp³-hybridized carbons (Fsp3) is 0.556. The van der Waals surface area contributed by atoms with Crippen LogP contribution in [-0.2, 0) is 9.59 Å². The third-order valence-electron chi connectivity index (χ3n) is 5.07. The van der Waals surface area contributed by atoms with Gasteiger partial charge in [-0.2, -0.15) is 0 Å². The Morgan fingerprint density at radius 3 is 2.74 bits per heavy atom. The molecule has 1 heterocycles. The van der Waals surface area contributed by atoms with Gasteiger partial charge in [0.2, 0.25) is 11.8 Å². The zero-order valence-corrected chi connectivity index (χ0v) is 14.2. The molecule has 1 N–H and O–H groups in total. The number of nitrogens with one attached hydrogen (secondary N) is 1. The Labute approximate surface area is 142 Å². The molecule has 1 saturated carbocycles. The third kappa shape index (κ3) is 3.52. The summed E-state index contributed by atoms with van der Waals surface area (Å²) in [7, 11) is 0. The van der Waals surface area contributed by atoms with Crippen LogP contribution < -0.4 is 5.32 Å². The molecule has 1 atom stereocenters.